The van der Waals surface area contributed by atoms with Gasteiger partial charge in [-0.3, -0.25) is 0 Å². The van der Waals surface area contributed by atoms with Crippen LogP contribution in [0.2, 0.25) is 0 Å². The number of halogens is 2. The van der Waals surface area contributed by atoms with Crippen molar-refractivity contribution in [1.29, 1.82) is 0 Å². The standard InChI is InChI=1S/C11H13F2NO/c1-7-11(14-4-5-15-7)9-6-8(12)2-3-10(9)13/h2-3,6-7,11,14H,4-5H2,1H3/t7-,11+/m1/s1. The minimum Gasteiger partial charge on any atom is -0.375 e. The van der Waals surface area contributed by atoms with Gasteiger partial charge >= 0.3 is 0 Å². The Kier molecular flexibility index (Phi) is 2.98. The fourth-order valence-electron chi connectivity index (χ4n) is 1.84. The first-order valence-electron chi connectivity index (χ1n) is 4.98. The van der Waals surface area contributed by atoms with E-state index in [1.54, 1.807) is 0 Å². The summed E-state index contributed by atoms with van der Waals surface area (Å²) in [5.74, 6) is -0.822. The Balaban J connectivity index is 2.30. The number of ether oxygens (including phenoxy) is 1. The van der Waals surface area contributed by atoms with Crippen LogP contribution in [-0.4, -0.2) is 19.3 Å². The van der Waals surface area contributed by atoms with E-state index in [0.29, 0.717) is 18.7 Å². The molecule has 0 unspecified atom stereocenters. The first kappa shape index (κ1) is 10.5. The van der Waals surface area contributed by atoms with Gasteiger partial charge in [-0.15, -0.1) is 0 Å². The summed E-state index contributed by atoms with van der Waals surface area (Å²) in [6.07, 6.45) is -0.143. The van der Waals surface area contributed by atoms with Crippen LogP contribution >= 0.6 is 0 Å². The van der Waals surface area contributed by atoms with E-state index in [1.165, 1.54) is 6.07 Å². The number of nitrogens with one attached hydrogen (secondary N) is 1. The van der Waals surface area contributed by atoms with E-state index in [-0.39, 0.29) is 12.1 Å². The van der Waals surface area contributed by atoms with Crippen LogP contribution < -0.4 is 5.32 Å². The molecule has 82 valence electrons. The van der Waals surface area contributed by atoms with Crippen LogP contribution in [0.25, 0.3) is 0 Å². The van der Waals surface area contributed by atoms with Crippen LogP contribution in [0.1, 0.15) is 18.5 Å². The minimum atomic E-state index is -0.425. The van der Waals surface area contributed by atoms with Crippen LogP contribution in [0.15, 0.2) is 18.2 Å². The van der Waals surface area contributed by atoms with Crippen molar-refractivity contribution >= 4 is 0 Å². The molecule has 0 spiro atoms. The van der Waals surface area contributed by atoms with Crippen molar-refractivity contribution in [3.05, 3.63) is 35.4 Å². The number of hydrogen-bond acceptors (Lipinski definition) is 2. The van der Waals surface area contributed by atoms with Gasteiger partial charge in [0.05, 0.1) is 18.8 Å². The molecule has 0 radical (unpaired) electrons. The molecule has 1 N–H and O–H groups in total. The van der Waals surface area contributed by atoms with E-state index >= 15 is 0 Å². The average molecular weight is 213 g/mol. The van der Waals surface area contributed by atoms with Crippen LogP contribution in [0.3, 0.4) is 0 Å². The maximum Gasteiger partial charge on any atom is 0.128 e. The smallest absolute Gasteiger partial charge is 0.128 e. The van der Waals surface area contributed by atoms with E-state index in [2.05, 4.69) is 5.32 Å². The Labute approximate surface area is 87.2 Å². The van der Waals surface area contributed by atoms with Crippen LogP contribution in [-0.2, 0) is 4.74 Å². The van der Waals surface area contributed by atoms with E-state index in [0.717, 1.165) is 12.1 Å². The van der Waals surface area contributed by atoms with Gasteiger partial charge in [0.1, 0.15) is 11.6 Å². The summed E-state index contributed by atoms with van der Waals surface area (Å²) >= 11 is 0. The number of rotatable bonds is 1. The van der Waals surface area contributed by atoms with Crippen molar-refractivity contribution in [2.45, 2.75) is 19.1 Å². The molecule has 0 aliphatic carbocycles. The molecule has 2 nitrogen and oxygen atoms in total. The van der Waals surface area contributed by atoms with Gasteiger partial charge in [-0.05, 0) is 25.1 Å². The van der Waals surface area contributed by atoms with Crippen molar-refractivity contribution in [2.75, 3.05) is 13.2 Å². The van der Waals surface area contributed by atoms with Crippen LogP contribution in [0.4, 0.5) is 8.78 Å². The second kappa shape index (κ2) is 4.24. The lowest BCUT2D eigenvalue weighted by molar-refractivity contribution is 0.00653. The average Bonchev–Trinajstić information content (AvgIpc) is 2.23. The summed E-state index contributed by atoms with van der Waals surface area (Å²) in [6.45, 7) is 3.11. The molecule has 1 aliphatic heterocycles. The predicted octanol–water partition coefficient (Wildman–Crippen LogP) is 2.01. The third-order valence-electron chi connectivity index (χ3n) is 2.61. The molecule has 0 aromatic heterocycles. The van der Waals surface area contributed by atoms with Crippen molar-refractivity contribution in [3.63, 3.8) is 0 Å². The van der Waals surface area contributed by atoms with Gasteiger partial charge in [0.25, 0.3) is 0 Å². The molecule has 1 heterocycles. The lowest BCUT2D eigenvalue weighted by Gasteiger charge is -2.30. The fraction of sp³-hybridized carbons (Fsp3) is 0.455. The molecule has 2 rings (SSSR count). The summed E-state index contributed by atoms with van der Waals surface area (Å²) in [5.41, 5.74) is 0.335. The number of morpholine rings is 1. The van der Waals surface area contributed by atoms with Crippen molar-refractivity contribution in [3.8, 4) is 0 Å². The predicted molar refractivity (Wildman–Crippen MR) is 52.5 cm³/mol. The van der Waals surface area contributed by atoms with E-state index in [4.69, 9.17) is 4.74 Å². The Morgan fingerprint density at radius 3 is 2.93 bits per heavy atom. The zero-order valence-electron chi connectivity index (χ0n) is 8.47. The van der Waals surface area contributed by atoms with Gasteiger partial charge in [-0.1, -0.05) is 0 Å². The molecule has 1 aliphatic rings. The molecule has 0 amide bonds. The van der Waals surface area contributed by atoms with Gasteiger partial charge < -0.3 is 10.1 Å². The van der Waals surface area contributed by atoms with Gasteiger partial charge in [0.15, 0.2) is 0 Å². The molecule has 0 bridgehead atoms. The normalized spacial score (nSPS) is 26.6. The first-order chi connectivity index (χ1) is 7.18. The molecular formula is C11H13F2NO. The van der Waals surface area contributed by atoms with E-state index in [1.807, 2.05) is 6.92 Å². The number of benzene rings is 1. The lowest BCUT2D eigenvalue weighted by atomic mass is 10.0. The lowest BCUT2D eigenvalue weighted by Crippen LogP contribution is -2.40. The highest BCUT2D eigenvalue weighted by Crippen LogP contribution is 2.24. The molecule has 1 aromatic carbocycles. The summed E-state index contributed by atoms with van der Waals surface area (Å²) in [5, 5.41) is 3.12. The monoisotopic (exact) mass is 213 g/mol. The number of hydrogen-bond donors (Lipinski definition) is 1. The van der Waals surface area contributed by atoms with Crippen molar-refractivity contribution in [1.82, 2.24) is 5.32 Å². The highest BCUT2D eigenvalue weighted by Gasteiger charge is 2.25. The van der Waals surface area contributed by atoms with Crippen LogP contribution in [0, 0.1) is 11.6 Å². The Hall–Kier alpha value is -1.00. The molecule has 1 aromatic rings. The minimum absolute atomic E-state index is 0.143. The van der Waals surface area contributed by atoms with Crippen molar-refractivity contribution < 1.29 is 13.5 Å². The Bertz CT molecular complexity index is 356. The highest BCUT2D eigenvalue weighted by molar-refractivity contribution is 5.23. The van der Waals surface area contributed by atoms with Crippen molar-refractivity contribution in [2.24, 2.45) is 0 Å². The first-order valence-corrected chi connectivity index (χ1v) is 4.98. The van der Waals surface area contributed by atoms with E-state index in [9.17, 15) is 8.78 Å². The van der Waals surface area contributed by atoms with Gasteiger partial charge in [-0.25, -0.2) is 8.78 Å². The summed E-state index contributed by atoms with van der Waals surface area (Å²) < 4.78 is 31.8. The third kappa shape index (κ3) is 2.16. The quantitative estimate of drug-likeness (QED) is 0.770. The Morgan fingerprint density at radius 2 is 2.20 bits per heavy atom. The molecule has 1 saturated heterocycles. The maximum absolute atomic E-state index is 13.5. The molecule has 1 fully saturated rings. The van der Waals surface area contributed by atoms with Gasteiger partial charge in [0.2, 0.25) is 0 Å². The fourth-order valence-corrected chi connectivity index (χ4v) is 1.84. The molecule has 2 atom stereocenters. The van der Waals surface area contributed by atoms with Crippen LogP contribution in [0.5, 0.6) is 0 Å². The zero-order chi connectivity index (χ0) is 10.8. The summed E-state index contributed by atoms with van der Waals surface area (Å²) in [6, 6.07) is 3.22. The largest absolute Gasteiger partial charge is 0.375 e. The summed E-state index contributed by atoms with van der Waals surface area (Å²) in [7, 11) is 0. The third-order valence-corrected chi connectivity index (χ3v) is 2.61. The van der Waals surface area contributed by atoms with Gasteiger partial charge in [0, 0.05) is 12.1 Å². The highest BCUT2D eigenvalue weighted by atomic mass is 19.1. The molecular weight excluding hydrogens is 200 g/mol. The second-order valence-corrected chi connectivity index (χ2v) is 3.67. The molecule has 4 heteroatoms. The second-order valence-electron chi connectivity index (χ2n) is 3.67. The Morgan fingerprint density at radius 1 is 1.40 bits per heavy atom. The topological polar surface area (TPSA) is 21.3 Å². The molecule has 15 heavy (non-hydrogen) atoms. The SMILES string of the molecule is C[C@H]1OCCN[C@@H]1c1cc(F)ccc1F. The van der Waals surface area contributed by atoms with Gasteiger partial charge in [-0.2, -0.15) is 0 Å². The summed E-state index contributed by atoms with van der Waals surface area (Å²) in [4.78, 5) is 0. The zero-order valence-corrected chi connectivity index (χ0v) is 8.47. The maximum atomic E-state index is 13.5. The molecule has 0 saturated carbocycles. The van der Waals surface area contributed by atoms with E-state index < -0.39 is 11.6 Å².